The van der Waals surface area contributed by atoms with Crippen LogP contribution in [0.3, 0.4) is 0 Å². The van der Waals surface area contributed by atoms with Crippen LogP contribution in [-0.4, -0.2) is 25.9 Å². The summed E-state index contributed by atoms with van der Waals surface area (Å²) >= 11 is 11.4. The second-order valence-electron chi connectivity index (χ2n) is 4.13. The molecule has 0 fully saturated rings. The van der Waals surface area contributed by atoms with Crippen LogP contribution in [0.15, 0.2) is 17.0 Å². The van der Waals surface area contributed by atoms with Crippen molar-refractivity contribution in [2.75, 3.05) is 6.54 Å². The molecule has 0 bridgehead atoms. The third kappa shape index (κ3) is 4.03. The summed E-state index contributed by atoms with van der Waals surface area (Å²) in [4.78, 5) is 9.61. The van der Waals surface area contributed by atoms with Gasteiger partial charge in [-0.05, 0) is 25.5 Å². The first kappa shape index (κ1) is 17.1. The van der Waals surface area contributed by atoms with Gasteiger partial charge in [0.2, 0.25) is 10.0 Å². The highest BCUT2D eigenvalue weighted by atomic mass is 35.5. The molecule has 1 unspecified atom stereocenters. The zero-order chi connectivity index (χ0) is 15.5. The van der Waals surface area contributed by atoms with E-state index in [4.69, 9.17) is 28.9 Å². The third-order valence-corrected chi connectivity index (χ3v) is 4.70. The predicted molar refractivity (Wildman–Crippen MR) is 76.6 cm³/mol. The van der Waals surface area contributed by atoms with Gasteiger partial charge in [-0.25, -0.2) is 13.1 Å². The first-order chi connectivity index (χ1) is 9.16. The van der Waals surface area contributed by atoms with Crippen LogP contribution in [-0.2, 0) is 10.0 Å². The van der Waals surface area contributed by atoms with Gasteiger partial charge in [-0.1, -0.05) is 23.2 Å². The highest BCUT2D eigenvalue weighted by Crippen LogP contribution is 2.36. The maximum absolute atomic E-state index is 12.0. The van der Waals surface area contributed by atoms with Gasteiger partial charge in [-0.2, -0.15) is 0 Å². The number of sulfonamides is 1. The number of nitro benzene ring substituents is 1. The van der Waals surface area contributed by atoms with Crippen LogP contribution in [0.5, 0.6) is 0 Å². The molecule has 7 nitrogen and oxygen atoms in total. The highest BCUT2D eigenvalue weighted by molar-refractivity contribution is 7.89. The summed E-state index contributed by atoms with van der Waals surface area (Å²) in [6, 6.07) is 2.06. The minimum atomic E-state index is -3.96. The fourth-order valence-electron chi connectivity index (χ4n) is 1.40. The Morgan fingerprint density at radius 2 is 2.05 bits per heavy atom. The van der Waals surface area contributed by atoms with Crippen LogP contribution in [0.2, 0.25) is 10.0 Å². The number of nitrogens with zero attached hydrogens (tertiary/aromatic N) is 1. The molecule has 1 rings (SSSR count). The first-order valence-corrected chi connectivity index (χ1v) is 7.78. The van der Waals surface area contributed by atoms with Crippen LogP contribution >= 0.6 is 23.2 Å². The van der Waals surface area contributed by atoms with Crippen molar-refractivity contribution in [2.45, 2.75) is 24.3 Å². The number of nitro groups is 1. The fraction of sp³-hybridized carbons (Fsp3) is 0.400. The van der Waals surface area contributed by atoms with Gasteiger partial charge in [-0.15, -0.1) is 0 Å². The molecule has 3 N–H and O–H groups in total. The van der Waals surface area contributed by atoms with Crippen LogP contribution in [0, 0.1) is 10.1 Å². The van der Waals surface area contributed by atoms with E-state index in [1.165, 1.54) is 0 Å². The van der Waals surface area contributed by atoms with Crippen LogP contribution in [0.1, 0.15) is 13.3 Å². The van der Waals surface area contributed by atoms with Crippen molar-refractivity contribution >= 4 is 38.9 Å². The Hall–Kier alpha value is -0.930. The maximum atomic E-state index is 12.0. The van der Waals surface area contributed by atoms with Crippen molar-refractivity contribution in [3.63, 3.8) is 0 Å². The van der Waals surface area contributed by atoms with Crippen LogP contribution in [0.4, 0.5) is 5.69 Å². The largest absolute Gasteiger partial charge is 0.328 e. The lowest BCUT2D eigenvalue weighted by Gasteiger charge is -2.10. The monoisotopic (exact) mass is 341 g/mol. The number of nitrogens with one attached hydrogen (secondary N) is 1. The highest BCUT2D eigenvalue weighted by Gasteiger charge is 2.27. The van der Waals surface area contributed by atoms with E-state index in [0.29, 0.717) is 6.42 Å². The van der Waals surface area contributed by atoms with Crippen molar-refractivity contribution in [2.24, 2.45) is 5.73 Å². The minimum absolute atomic E-state index is 0.104. The molecule has 0 aliphatic heterocycles. The van der Waals surface area contributed by atoms with Crippen molar-refractivity contribution in [3.8, 4) is 0 Å². The second-order valence-corrected chi connectivity index (χ2v) is 6.65. The Balaban J connectivity index is 3.13. The topological polar surface area (TPSA) is 115 Å². The van der Waals surface area contributed by atoms with Gasteiger partial charge >= 0.3 is 5.69 Å². The standard InChI is InChI=1S/C10H13Cl2N3O4S/c1-6(13)4-5-14-20(18,19)8-3-2-7(11)10(9(8)12)15(16)17/h2-3,6,14H,4-5,13H2,1H3. The molecule has 1 aromatic rings. The van der Waals surface area contributed by atoms with Crippen molar-refractivity contribution in [3.05, 3.63) is 32.3 Å². The molecule has 0 saturated heterocycles. The van der Waals surface area contributed by atoms with E-state index < -0.39 is 25.7 Å². The predicted octanol–water partition coefficient (Wildman–Crippen LogP) is 1.92. The zero-order valence-corrected chi connectivity index (χ0v) is 12.8. The van der Waals surface area contributed by atoms with E-state index >= 15 is 0 Å². The summed E-state index contributed by atoms with van der Waals surface area (Å²) in [5.41, 5.74) is 4.87. The minimum Gasteiger partial charge on any atom is -0.328 e. The van der Waals surface area contributed by atoms with Crippen LogP contribution < -0.4 is 10.5 Å². The molecule has 0 amide bonds. The molecule has 0 saturated carbocycles. The van der Waals surface area contributed by atoms with Gasteiger partial charge in [-0.3, -0.25) is 10.1 Å². The molecule has 0 aliphatic carbocycles. The van der Waals surface area contributed by atoms with Gasteiger partial charge in [0.05, 0.1) is 4.92 Å². The SMILES string of the molecule is CC(N)CCNS(=O)(=O)c1ccc(Cl)c([N+](=O)[O-])c1Cl. The molecule has 0 spiro atoms. The van der Waals surface area contributed by atoms with Crippen molar-refractivity contribution < 1.29 is 13.3 Å². The molecule has 112 valence electrons. The molecule has 0 aromatic heterocycles. The summed E-state index contributed by atoms with van der Waals surface area (Å²) in [5.74, 6) is 0. The van der Waals surface area contributed by atoms with Gasteiger partial charge in [0.1, 0.15) is 14.9 Å². The number of hydrogen-bond donors (Lipinski definition) is 2. The summed E-state index contributed by atoms with van der Waals surface area (Å²) < 4.78 is 26.3. The summed E-state index contributed by atoms with van der Waals surface area (Å²) in [6.07, 6.45) is 0.423. The van der Waals surface area contributed by atoms with E-state index in [9.17, 15) is 18.5 Å². The maximum Gasteiger partial charge on any atom is 0.307 e. The lowest BCUT2D eigenvalue weighted by atomic mass is 10.3. The third-order valence-electron chi connectivity index (χ3n) is 2.40. The lowest BCUT2D eigenvalue weighted by Crippen LogP contribution is -2.29. The second kappa shape index (κ2) is 6.68. The molecule has 20 heavy (non-hydrogen) atoms. The van der Waals surface area contributed by atoms with Gasteiger partial charge in [0.25, 0.3) is 0 Å². The Morgan fingerprint density at radius 3 is 2.55 bits per heavy atom. The Morgan fingerprint density at radius 1 is 1.45 bits per heavy atom. The number of benzene rings is 1. The molecule has 0 aliphatic rings. The quantitative estimate of drug-likeness (QED) is 0.605. The Kier molecular flexibility index (Phi) is 5.72. The van der Waals surface area contributed by atoms with Crippen LogP contribution in [0.25, 0.3) is 0 Å². The summed E-state index contributed by atoms with van der Waals surface area (Å²) in [6.45, 7) is 1.83. The zero-order valence-electron chi connectivity index (χ0n) is 10.5. The Bertz CT molecular complexity index is 619. The van der Waals surface area contributed by atoms with E-state index in [1.807, 2.05) is 0 Å². The van der Waals surface area contributed by atoms with Gasteiger partial charge in [0, 0.05) is 12.6 Å². The van der Waals surface area contributed by atoms with Gasteiger partial charge < -0.3 is 5.73 Å². The number of halogens is 2. The average Bonchev–Trinajstić information content (AvgIpc) is 2.26. The Labute approximate surface area is 126 Å². The fourth-order valence-corrected chi connectivity index (χ4v) is 3.33. The summed E-state index contributed by atoms with van der Waals surface area (Å²) in [5, 5.41) is 10.1. The molecule has 10 heteroatoms. The summed E-state index contributed by atoms with van der Waals surface area (Å²) in [7, 11) is -3.96. The molecule has 0 heterocycles. The van der Waals surface area contributed by atoms with E-state index in [2.05, 4.69) is 4.72 Å². The van der Waals surface area contributed by atoms with E-state index in [1.54, 1.807) is 6.92 Å². The van der Waals surface area contributed by atoms with Crippen molar-refractivity contribution in [1.82, 2.24) is 4.72 Å². The number of nitrogens with two attached hydrogens (primary N) is 1. The average molecular weight is 342 g/mol. The lowest BCUT2D eigenvalue weighted by molar-refractivity contribution is -0.384. The molecular formula is C10H13Cl2N3O4S. The number of hydrogen-bond acceptors (Lipinski definition) is 5. The molecule has 1 aromatic carbocycles. The van der Waals surface area contributed by atoms with Gasteiger partial charge in [0.15, 0.2) is 0 Å². The molecular weight excluding hydrogens is 329 g/mol. The smallest absolute Gasteiger partial charge is 0.307 e. The normalized spacial score (nSPS) is 13.2. The van der Waals surface area contributed by atoms with Crippen molar-refractivity contribution in [1.29, 1.82) is 0 Å². The first-order valence-electron chi connectivity index (χ1n) is 5.54. The van der Waals surface area contributed by atoms with E-state index in [-0.39, 0.29) is 22.5 Å². The number of rotatable bonds is 6. The molecule has 0 radical (unpaired) electrons. The molecule has 1 atom stereocenters. The van der Waals surface area contributed by atoms with E-state index in [0.717, 1.165) is 12.1 Å².